The topological polar surface area (TPSA) is 17.1 Å². The molecule has 0 saturated heterocycles. The summed E-state index contributed by atoms with van der Waals surface area (Å²) in [5, 5.41) is -0.608. The van der Waals surface area contributed by atoms with E-state index in [9.17, 15) is 9.18 Å². The highest BCUT2D eigenvalue weighted by molar-refractivity contribution is 6.64. The average molecular weight is 271 g/mol. The van der Waals surface area contributed by atoms with Gasteiger partial charge in [0.2, 0.25) is 5.24 Å². The summed E-state index contributed by atoms with van der Waals surface area (Å²) >= 11 is 11.9. The fourth-order valence-corrected chi connectivity index (χ4v) is 2.58. The van der Waals surface area contributed by atoms with Gasteiger partial charge in [-0.2, -0.15) is 0 Å². The molecular formula is C13H9Cl2FO. The van der Waals surface area contributed by atoms with Crippen molar-refractivity contribution in [1.82, 2.24) is 0 Å². The summed E-state index contributed by atoms with van der Waals surface area (Å²) in [6, 6.07) is 6.10. The van der Waals surface area contributed by atoms with Crippen LogP contribution in [0.2, 0.25) is 0 Å². The molecule has 4 heteroatoms. The van der Waals surface area contributed by atoms with E-state index in [-0.39, 0.29) is 5.56 Å². The number of carbonyl (C=O) groups excluding carboxylic acids is 1. The summed E-state index contributed by atoms with van der Waals surface area (Å²) in [6.07, 6.45) is 6.51. The first-order valence-electron chi connectivity index (χ1n) is 5.05. The lowest BCUT2D eigenvalue weighted by atomic mass is 9.82. The minimum absolute atomic E-state index is 0.251. The maximum atomic E-state index is 13.8. The molecule has 0 spiro atoms. The van der Waals surface area contributed by atoms with E-state index in [0.29, 0.717) is 0 Å². The summed E-state index contributed by atoms with van der Waals surface area (Å²) in [5.41, 5.74) is 0.251. The van der Waals surface area contributed by atoms with Crippen LogP contribution in [-0.2, 0) is 9.67 Å². The van der Waals surface area contributed by atoms with Gasteiger partial charge in [0, 0.05) is 5.56 Å². The van der Waals surface area contributed by atoms with Crippen LogP contribution in [0.3, 0.4) is 0 Å². The van der Waals surface area contributed by atoms with Crippen LogP contribution in [0.4, 0.5) is 4.39 Å². The predicted octanol–water partition coefficient (Wildman–Crippen LogP) is 3.77. The molecule has 0 saturated carbocycles. The van der Waals surface area contributed by atoms with Crippen molar-refractivity contribution in [3.8, 4) is 0 Å². The van der Waals surface area contributed by atoms with Gasteiger partial charge in [0.05, 0.1) is 5.92 Å². The standard InChI is InChI=1S/C13H9Cl2FO/c14-12(17)10-6-3-4-8-13(10,15)9-5-1-2-7-11(9)16/h1-8,10H. The van der Waals surface area contributed by atoms with Gasteiger partial charge in [0.15, 0.2) is 0 Å². The number of hydrogen-bond donors (Lipinski definition) is 0. The van der Waals surface area contributed by atoms with Gasteiger partial charge in [-0.3, -0.25) is 4.79 Å². The van der Waals surface area contributed by atoms with Crippen molar-refractivity contribution in [2.24, 2.45) is 5.92 Å². The number of rotatable bonds is 2. The number of benzene rings is 1. The number of halogens is 3. The van der Waals surface area contributed by atoms with Crippen molar-refractivity contribution >= 4 is 28.4 Å². The van der Waals surface area contributed by atoms with Gasteiger partial charge in [-0.15, -0.1) is 11.6 Å². The van der Waals surface area contributed by atoms with Crippen LogP contribution in [0.15, 0.2) is 48.6 Å². The van der Waals surface area contributed by atoms with Crippen LogP contribution in [0.1, 0.15) is 5.56 Å². The molecule has 1 nitrogen and oxygen atoms in total. The van der Waals surface area contributed by atoms with Gasteiger partial charge in [-0.25, -0.2) is 4.39 Å². The van der Waals surface area contributed by atoms with E-state index < -0.39 is 21.9 Å². The zero-order chi connectivity index (χ0) is 12.5. The van der Waals surface area contributed by atoms with Crippen LogP contribution in [0.5, 0.6) is 0 Å². The van der Waals surface area contributed by atoms with Gasteiger partial charge in [0.25, 0.3) is 0 Å². The van der Waals surface area contributed by atoms with E-state index in [1.165, 1.54) is 6.07 Å². The molecule has 0 bridgehead atoms. The number of carbonyl (C=O) groups is 1. The highest BCUT2D eigenvalue weighted by Crippen LogP contribution is 2.43. The lowest BCUT2D eigenvalue weighted by Crippen LogP contribution is -2.32. The molecule has 0 radical (unpaired) electrons. The predicted molar refractivity (Wildman–Crippen MR) is 66.6 cm³/mol. The first-order chi connectivity index (χ1) is 8.05. The summed E-state index contributed by atoms with van der Waals surface area (Å²) in [4.78, 5) is 10.1. The zero-order valence-corrected chi connectivity index (χ0v) is 10.3. The molecular weight excluding hydrogens is 262 g/mol. The number of allylic oxidation sites excluding steroid dienone is 4. The highest BCUT2D eigenvalue weighted by atomic mass is 35.5. The molecule has 0 N–H and O–H groups in total. The van der Waals surface area contributed by atoms with Gasteiger partial charge < -0.3 is 0 Å². The molecule has 0 amide bonds. The second-order valence-corrected chi connectivity index (χ2v) is 4.77. The largest absolute Gasteiger partial charge is 0.281 e. The van der Waals surface area contributed by atoms with Crippen LogP contribution in [-0.4, -0.2) is 5.24 Å². The molecule has 2 unspecified atom stereocenters. The maximum absolute atomic E-state index is 13.8. The Labute approximate surface area is 109 Å². The minimum atomic E-state index is -1.25. The first-order valence-corrected chi connectivity index (χ1v) is 5.80. The monoisotopic (exact) mass is 270 g/mol. The number of alkyl halides is 1. The van der Waals surface area contributed by atoms with Crippen molar-refractivity contribution in [2.75, 3.05) is 0 Å². The molecule has 0 heterocycles. The van der Waals surface area contributed by atoms with E-state index in [0.717, 1.165) is 0 Å². The van der Waals surface area contributed by atoms with E-state index in [1.54, 1.807) is 42.5 Å². The van der Waals surface area contributed by atoms with E-state index >= 15 is 0 Å². The summed E-state index contributed by atoms with van der Waals surface area (Å²) in [5.74, 6) is -1.22. The Kier molecular flexibility index (Phi) is 3.36. The first kappa shape index (κ1) is 12.3. The molecule has 2 atom stereocenters. The Hall–Kier alpha value is -1.12. The van der Waals surface area contributed by atoms with Crippen LogP contribution < -0.4 is 0 Å². The minimum Gasteiger partial charge on any atom is -0.281 e. The Bertz CT molecular complexity index is 510. The SMILES string of the molecule is O=C(Cl)C1C=CC=CC1(Cl)c1ccccc1F. The molecule has 1 aromatic rings. The van der Waals surface area contributed by atoms with Gasteiger partial charge >= 0.3 is 0 Å². The molecule has 0 aliphatic heterocycles. The molecule has 1 aliphatic carbocycles. The third-order valence-corrected chi connectivity index (χ3v) is 3.54. The third kappa shape index (κ3) is 2.15. The third-order valence-electron chi connectivity index (χ3n) is 2.74. The molecule has 1 aliphatic rings. The normalized spacial score (nSPS) is 27.1. The summed E-state index contributed by atoms with van der Waals surface area (Å²) in [7, 11) is 0. The van der Waals surface area contributed by atoms with Crippen molar-refractivity contribution in [3.05, 3.63) is 60.0 Å². The molecule has 88 valence electrons. The van der Waals surface area contributed by atoms with Gasteiger partial charge in [-0.05, 0) is 17.7 Å². The Morgan fingerprint density at radius 3 is 2.65 bits per heavy atom. The van der Waals surface area contributed by atoms with E-state index in [4.69, 9.17) is 23.2 Å². The fraction of sp³-hybridized carbons (Fsp3) is 0.154. The number of hydrogen-bond acceptors (Lipinski definition) is 1. The smallest absolute Gasteiger partial charge is 0.230 e. The van der Waals surface area contributed by atoms with Gasteiger partial charge in [0.1, 0.15) is 10.7 Å². The van der Waals surface area contributed by atoms with Crippen LogP contribution in [0.25, 0.3) is 0 Å². The average Bonchev–Trinajstić information content (AvgIpc) is 2.29. The van der Waals surface area contributed by atoms with Crippen molar-refractivity contribution in [3.63, 3.8) is 0 Å². The quantitative estimate of drug-likeness (QED) is 0.591. The highest BCUT2D eigenvalue weighted by Gasteiger charge is 2.41. The molecule has 17 heavy (non-hydrogen) atoms. The molecule has 0 fully saturated rings. The zero-order valence-electron chi connectivity index (χ0n) is 8.74. The van der Waals surface area contributed by atoms with E-state index in [1.807, 2.05) is 0 Å². The second-order valence-electron chi connectivity index (χ2n) is 3.77. The van der Waals surface area contributed by atoms with Crippen LogP contribution in [0, 0.1) is 11.7 Å². The Morgan fingerprint density at radius 2 is 2.00 bits per heavy atom. The molecule has 0 aromatic heterocycles. The van der Waals surface area contributed by atoms with Crippen molar-refractivity contribution in [2.45, 2.75) is 4.87 Å². The fourth-order valence-electron chi connectivity index (χ4n) is 1.88. The Balaban J connectivity index is 2.54. The van der Waals surface area contributed by atoms with Gasteiger partial charge in [-0.1, -0.05) is 42.5 Å². The molecule has 2 rings (SSSR count). The summed E-state index contributed by atoms with van der Waals surface area (Å²) < 4.78 is 13.8. The van der Waals surface area contributed by atoms with E-state index in [2.05, 4.69) is 0 Å². The second kappa shape index (κ2) is 4.63. The van der Waals surface area contributed by atoms with Crippen molar-refractivity contribution < 1.29 is 9.18 Å². The summed E-state index contributed by atoms with van der Waals surface area (Å²) in [6.45, 7) is 0. The lowest BCUT2D eigenvalue weighted by Gasteiger charge is -2.31. The molecule has 1 aromatic carbocycles. The van der Waals surface area contributed by atoms with Crippen LogP contribution >= 0.6 is 23.2 Å². The van der Waals surface area contributed by atoms with Crippen molar-refractivity contribution in [1.29, 1.82) is 0 Å². The Morgan fingerprint density at radius 1 is 1.29 bits per heavy atom. The lowest BCUT2D eigenvalue weighted by molar-refractivity contribution is -0.114. The maximum Gasteiger partial charge on any atom is 0.230 e.